The van der Waals surface area contributed by atoms with Crippen molar-refractivity contribution in [3.8, 4) is 11.5 Å². The van der Waals surface area contributed by atoms with Gasteiger partial charge in [0.15, 0.2) is 17.3 Å². The SMILES string of the molecule is C=CCOc1ccc([C@H]2C(C(=O)Nc3ccc(C)cn3)=C(C)NC3=C2C(=O)C[C@H](C)C3)cc1OC. The van der Waals surface area contributed by atoms with Gasteiger partial charge in [-0.15, -0.1) is 0 Å². The first-order valence-electron chi connectivity index (χ1n) is 11.7. The van der Waals surface area contributed by atoms with Gasteiger partial charge in [0, 0.05) is 41.1 Å². The molecule has 1 aliphatic heterocycles. The zero-order valence-electron chi connectivity index (χ0n) is 20.6. The number of ketones is 1. The number of anilines is 1. The zero-order chi connectivity index (χ0) is 25.1. The third-order valence-corrected chi connectivity index (χ3v) is 6.31. The molecule has 4 rings (SSSR count). The first-order chi connectivity index (χ1) is 16.8. The molecule has 0 saturated carbocycles. The lowest BCUT2D eigenvalue weighted by Crippen LogP contribution is -2.37. The van der Waals surface area contributed by atoms with E-state index in [9.17, 15) is 9.59 Å². The van der Waals surface area contributed by atoms with Crippen LogP contribution in [0.5, 0.6) is 11.5 Å². The number of allylic oxidation sites excluding steroid dienone is 3. The molecule has 2 atom stereocenters. The second kappa shape index (κ2) is 10.2. The second-order valence-electron chi connectivity index (χ2n) is 9.11. The van der Waals surface area contributed by atoms with Crippen LogP contribution in [0, 0.1) is 12.8 Å². The Hall–Kier alpha value is -3.87. The van der Waals surface area contributed by atoms with Crippen LogP contribution in [0.3, 0.4) is 0 Å². The van der Waals surface area contributed by atoms with Gasteiger partial charge in [0.25, 0.3) is 5.91 Å². The standard InChI is InChI=1S/C28H31N3O4/c1-6-11-35-22-9-8-19(14-23(22)34-5)26-25(28(33)31-24-10-7-16(2)15-29-24)18(4)30-20-12-17(3)13-21(32)27(20)26/h6-10,14-15,17,26,30H,1,11-13H2,2-5H3,(H,29,31,33)/t17-,26+/m1/s1. The van der Waals surface area contributed by atoms with Crippen molar-refractivity contribution in [2.75, 3.05) is 19.0 Å². The minimum Gasteiger partial charge on any atom is -0.493 e. The van der Waals surface area contributed by atoms with Crippen LogP contribution in [0.1, 0.15) is 43.7 Å². The molecule has 1 aliphatic carbocycles. The van der Waals surface area contributed by atoms with Gasteiger partial charge in [-0.25, -0.2) is 4.98 Å². The lowest BCUT2D eigenvalue weighted by molar-refractivity contribution is -0.117. The summed E-state index contributed by atoms with van der Waals surface area (Å²) in [5.41, 5.74) is 4.50. The summed E-state index contributed by atoms with van der Waals surface area (Å²) in [6.07, 6.45) is 4.56. The van der Waals surface area contributed by atoms with E-state index in [0.29, 0.717) is 47.2 Å². The first-order valence-corrected chi connectivity index (χ1v) is 11.7. The highest BCUT2D eigenvalue weighted by molar-refractivity contribution is 6.09. The van der Waals surface area contributed by atoms with Crippen molar-refractivity contribution in [2.45, 2.75) is 39.5 Å². The van der Waals surface area contributed by atoms with E-state index in [-0.39, 0.29) is 17.6 Å². The first kappa shape index (κ1) is 24.3. The molecule has 2 N–H and O–H groups in total. The van der Waals surface area contributed by atoms with Gasteiger partial charge in [-0.05, 0) is 55.5 Å². The molecule has 1 amide bonds. The number of pyridine rings is 1. The van der Waals surface area contributed by atoms with E-state index in [1.54, 1.807) is 25.4 Å². The predicted molar refractivity (Wildman–Crippen MR) is 135 cm³/mol. The molecule has 7 nitrogen and oxygen atoms in total. The number of amides is 1. The fourth-order valence-corrected chi connectivity index (χ4v) is 4.73. The monoisotopic (exact) mass is 473 g/mol. The van der Waals surface area contributed by atoms with Crippen molar-refractivity contribution in [3.63, 3.8) is 0 Å². The largest absolute Gasteiger partial charge is 0.493 e. The number of Topliss-reactive ketones (excluding diaryl/α,β-unsaturated/α-hetero) is 1. The Bertz CT molecular complexity index is 1230. The van der Waals surface area contributed by atoms with Gasteiger partial charge in [-0.1, -0.05) is 31.7 Å². The number of hydrogen-bond acceptors (Lipinski definition) is 6. The number of rotatable bonds is 7. The molecule has 35 heavy (non-hydrogen) atoms. The van der Waals surface area contributed by atoms with E-state index in [1.807, 2.05) is 38.1 Å². The highest BCUT2D eigenvalue weighted by atomic mass is 16.5. The van der Waals surface area contributed by atoms with Gasteiger partial charge < -0.3 is 20.1 Å². The summed E-state index contributed by atoms with van der Waals surface area (Å²) >= 11 is 0. The van der Waals surface area contributed by atoms with Crippen molar-refractivity contribution < 1.29 is 19.1 Å². The van der Waals surface area contributed by atoms with Crippen molar-refractivity contribution in [1.29, 1.82) is 0 Å². The summed E-state index contributed by atoms with van der Waals surface area (Å²) in [4.78, 5) is 31.2. The van der Waals surface area contributed by atoms with E-state index in [1.165, 1.54) is 0 Å². The molecule has 2 aromatic rings. The minimum atomic E-state index is -0.543. The molecule has 0 bridgehead atoms. The number of nitrogens with zero attached hydrogens (tertiary/aromatic N) is 1. The molecule has 0 saturated heterocycles. The fraction of sp³-hybridized carbons (Fsp3) is 0.321. The average Bonchev–Trinajstić information content (AvgIpc) is 2.82. The number of carbonyl (C=O) groups excluding carboxylic acids is 2. The van der Waals surface area contributed by atoms with Crippen molar-refractivity contribution in [3.05, 3.63) is 82.9 Å². The molecular formula is C28H31N3O4. The van der Waals surface area contributed by atoms with Crippen molar-refractivity contribution in [2.24, 2.45) is 5.92 Å². The van der Waals surface area contributed by atoms with Crippen LogP contribution in [-0.4, -0.2) is 30.4 Å². The van der Waals surface area contributed by atoms with Crippen LogP contribution in [0.4, 0.5) is 5.82 Å². The quantitative estimate of drug-likeness (QED) is 0.561. The summed E-state index contributed by atoms with van der Waals surface area (Å²) in [5, 5.41) is 6.27. The van der Waals surface area contributed by atoms with Gasteiger partial charge in [0.1, 0.15) is 12.4 Å². The molecule has 182 valence electrons. The maximum Gasteiger partial charge on any atom is 0.255 e. The lowest BCUT2D eigenvalue weighted by Gasteiger charge is -2.36. The highest BCUT2D eigenvalue weighted by Crippen LogP contribution is 2.45. The van der Waals surface area contributed by atoms with Crippen molar-refractivity contribution >= 4 is 17.5 Å². The number of aromatic nitrogens is 1. The summed E-state index contributed by atoms with van der Waals surface area (Å²) in [7, 11) is 1.57. The second-order valence-corrected chi connectivity index (χ2v) is 9.11. The number of nitrogens with one attached hydrogen (secondary N) is 2. The Morgan fingerprint density at radius 1 is 1.23 bits per heavy atom. The van der Waals surface area contributed by atoms with E-state index < -0.39 is 5.92 Å². The van der Waals surface area contributed by atoms with Gasteiger partial charge in [-0.2, -0.15) is 0 Å². The zero-order valence-corrected chi connectivity index (χ0v) is 20.6. The molecule has 2 heterocycles. The Morgan fingerprint density at radius 2 is 2.03 bits per heavy atom. The predicted octanol–water partition coefficient (Wildman–Crippen LogP) is 4.82. The Morgan fingerprint density at radius 3 is 2.71 bits per heavy atom. The van der Waals surface area contributed by atoms with Crippen LogP contribution in [0.25, 0.3) is 0 Å². The maximum atomic E-state index is 13.6. The topological polar surface area (TPSA) is 89.5 Å². The molecule has 0 unspecified atom stereocenters. The number of aryl methyl sites for hydroxylation is 1. The normalized spacial score (nSPS) is 19.6. The molecule has 1 aromatic heterocycles. The highest BCUT2D eigenvalue weighted by Gasteiger charge is 2.40. The number of ether oxygens (including phenoxy) is 2. The average molecular weight is 474 g/mol. The maximum absolute atomic E-state index is 13.6. The van der Waals surface area contributed by atoms with Gasteiger partial charge in [0.2, 0.25) is 0 Å². The number of dihydropyridines is 1. The van der Waals surface area contributed by atoms with Crippen LogP contribution >= 0.6 is 0 Å². The molecule has 7 heteroatoms. The van der Waals surface area contributed by atoms with Crippen LogP contribution in [-0.2, 0) is 9.59 Å². The van der Waals surface area contributed by atoms with Gasteiger partial charge >= 0.3 is 0 Å². The van der Waals surface area contributed by atoms with Crippen LogP contribution < -0.4 is 20.1 Å². The summed E-state index contributed by atoms with van der Waals surface area (Å²) in [6.45, 7) is 9.90. The van der Waals surface area contributed by atoms with Crippen LogP contribution in [0.2, 0.25) is 0 Å². The molecule has 0 spiro atoms. The summed E-state index contributed by atoms with van der Waals surface area (Å²) in [6, 6.07) is 9.19. The number of methoxy groups -OCH3 is 1. The molecule has 0 fully saturated rings. The Labute approximate surface area is 205 Å². The van der Waals surface area contributed by atoms with E-state index >= 15 is 0 Å². The molecular weight excluding hydrogens is 442 g/mol. The Balaban J connectivity index is 1.80. The minimum absolute atomic E-state index is 0.0495. The fourth-order valence-electron chi connectivity index (χ4n) is 4.73. The van der Waals surface area contributed by atoms with E-state index in [0.717, 1.165) is 23.2 Å². The molecule has 1 aromatic carbocycles. The van der Waals surface area contributed by atoms with E-state index in [4.69, 9.17) is 9.47 Å². The number of carbonyl (C=O) groups is 2. The Kier molecular flexibility index (Phi) is 7.05. The summed E-state index contributed by atoms with van der Waals surface area (Å²) < 4.78 is 11.3. The smallest absolute Gasteiger partial charge is 0.255 e. The van der Waals surface area contributed by atoms with Gasteiger partial charge in [-0.3, -0.25) is 9.59 Å². The molecule has 2 aliphatic rings. The summed E-state index contributed by atoms with van der Waals surface area (Å²) in [5.74, 6) is 0.984. The third-order valence-electron chi connectivity index (χ3n) is 6.31. The van der Waals surface area contributed by atoms with Crippen molar-refractivity contribution in [1.82, 2.24) is 10.3 Å². The lowest BCUT2D eigenvalue weighted by atomic mass is 9.73. The van der Waals surface area contributed by atoms with Gasteiger partial charge in [0.05, 0.1) is 7.11 Å². The van der Waals surface area contributed by atoms with E-state index in [2.05, 4.69) is 29.1 Å². The number of hydrogen-bond donors (Lipinski definition) is 2. The van der Waals surface area contributed by atoms with Crippen LogP contribution in [0.15, 0.2) is 71.7 Å². The third kappa shape index (κ3) is 4.99. The number of benzene rings is 1. The molecule has 0 radical (unpaired) electrons.